The van der Waals surface area contributed by atoms with Gasteiger partial charge in [0.05, 0.1) is 23.8 Å². The third-order valence-corrected chi connectivity index (χ3v) is 3.41. The van der Waals surface area contributed by atoms with Crippen molar-refractivity contribution < 1.29 is 14.7 Å². The van der Waals surface area contributed by atoms with E-state index in [1.807, 2.05) is 30.1 Å². The number of carbonyl (C=O) groups excluding carboxylic acids is 1. The summed E-state index contributed by atoms with van der Waals surface area (Å²) in [5, 5.41) is 11.6. The Balaban J connectivity index is 2.22. The maximum Gasteiger partial charge on any atom is 0.356 e. The molecule has 120 valence electrons. The number of anilines is 2. The Hall–Kier alpha value is -2.96. The third kappa shape index (κ3) is 3.82. The van der Waals surface area contributed by atoms with E-state index in [9.17, 15) is 9.59 Å². The summed E-state index contributed by atoms with van der Waals surface area (Å²) >= 11 is 0. The van der Waals surface area contributed by atoms with E-state index >= 15 is 0 Å². The molecule has 0 radical (unpaired) electrons. The fourth-order valence-electron chi connectivity index (χ4n) is 1.91. The SMILES string of the molecule is CC(C)N(C)c1ccccc1NC(=O)c1cnc(C(=O)O)cn1. The number of rotatable bonds is 5. The molecule has 0 atom stereocenters. The molecular weight excluding hydrogens is 296 g/mol. The molecule has 1 aromatic carbocycles. The zero-order valence-corrected chi connectivity index (χ0v) is 13.1. The van der Waals surface area contributed by atoms with Gasteiger partial charge in [0.15, 0.2) is 5.69 Å². The normalized spacial score (nSPS) is 10.4. The second-order valence-electron chi connectivity index (χ2n) is 5.27. The number of benzene rings is 1. The number of hydrogen-bond acceptors (Lipinski definition) is 5. The number of carboxylic acids is 1. The molecule has 0 aliphatic heterocycles. The molecule has 1 amide bonds. The van der Waals surface area contributed by atoms with Crippen molar-refractivity contribution in [3.05, 3.63) is 48.0 Å². The lowest BCUT2D eigenvalue weighted by Crippen LogP contribution is -2.27. The van der Waals surface area contributed by atoms with Crippen LogP contribution in [0, 0.1) is 0 Å². The second kappa shape index (κ2) is 6.87. The van der Waals surface area contributed by atoms with E-state index in [-0.39, 0.29) is 17.4 Å². The summed E-state index contributed by atoms with van der Waals surface area (Å²) in [4.78, 5) is 32.6. The number of para-hydroxylation sites is 2. The van der Waals surface area contributed by atoms with Crippen LogP contribution >= 0.6 is 0 Å². The number of carboxylic acid groups (broad SMARTS) is 1. The Labute approximate surface area is 134 Å². The van der Waals surface area contributed by atoms with Crippen LogP contribution < -0.4 is 10.2 Å². The van der Waals surface area contributed by atoms with Crippen LogP contribution in [0.25, 0.3) is 0 Å². The van der Waals surface area contributed by atoms with Gasteiger partial charge in [0, 0.05) is 13.1 Å². The van der Waals surface area contributed by atoms with Crippen molar-refractivity contribution in [2.24, 2.45) is 0 Å². The monoisotopic (exact) mass is 314 g/mol. The van der Waals surface area contributed by atoms with Crippen LogP contribution in [-0.4, -0.2) is 40.0 Å². The molecule has 0 spiro atoms. The van der Waals surface area contributed by atoms with E-state index in [4.69, 9.17) is 5.11 Å². The molecule has 0 fully saturated rings. The molecule has 0 saturated carbocycles. The molecule has 1 heterocycles. The first kappa shape index (κ1) is 16.4. The predicted molar refractivity (Wildman–Crippen MR) is 86.9 cm³/mol. The van der Waals surface area contributed by atoms with Gasteiger partial charge in [-0.05, 0) is 26.0 Å². The summed E-state index contributed by atoms with van der Waals surface area (Å²) in [6.07, 6.45) is 2.21. The lowest BCUT2D eigenvalue weighted by atomic mass is 10.2. The molecule has 7 nitrogen and oxygen atoms in total. The number of aromatic carboxylic acids is 1. The van der Waals surface area contributed by atoms with Crippen LogP contribution in [0.1, 0.15) is 34.8 Å². The molecule has 0 aliphatic carbocycles. The van der Waals surface area contributed by atoms with Gasteiger partial charge in [-0.15, -0.1) is 0 Å². The van der Waals surface area contributed by atoms with Crippen molar-refractivity contribution in [3.63, 3.8) is 0 Å². The number of nitrogens with zero attached hydrogens (tertiary/aromatic N) is 3. The Morgan fingerprint density at radius 1 is 1.13 bits per heavy atom. The van der Waals surface area contributed by atoms with E-state index in [1.165, 1.54) is 0 Å². The Morgan fingerprint density at radius 3 is 2.30 bits per heavy atom. The third-order valence-electron chi connectivity index (χ3n) is 3.41. The average molecular weight is 314 g/mol. The largest absolute Gasteiger partial charge is 0.476 e. The standard InChI is InChI=1S/C16H18N4O3/c1-10(2)20(3)14-7-5-4-6-11(14)19-15(21)12-8-18-13(9-17-12)16(22)23/h4-10H,1-3H3,(H,19,21)(H,22,23). The zero-order chi connectivity index (χ0) is 17.0. The number of amides is 1. The van der Waals surface area contributed by atoms with E-state index in [0.29, 0.717) is 5.69 Å². The maximum atomic E-state index is 12.3. The molecule has 23 heavy (non-hydrogen) atoms. The van der Waals surface area contributed by atoms with Crippen molar-refractivity contribution in [2.45, 2.75) is 19.9 Å². The average Bonchev–Trinajstić information content (AvgIpc) is 2.54. The quantitative estimate of drug-likeness (QED) is 0.879. The van der Waals surface area contributed by atoms with E-state index in [0.717, 1.165) is 18.1 Å². The molecule has 0 aliphatic rings. The Morgan fingerprint density at radius 2 is 1.74 bits per heavy atom. The van der Waals surface area contributed by atoms with Gasteiger partial charge in [0.1, 0.15) is 5.69 Å². The number of aromatic nitrogens is 2. The first-order valence-corrected chi connectivity index (χ1v) is 7.08. The summed E-state index contributed by atoms with van der Waals surface area (Å²) < 4.78 is 0. The lowest BCUT2D eigenvalue weighted by Gasteiger charge is -2.26. The molecule has 0 unspecified atom stereocenters. The Bertz CT molecular complexity index is 714. The molecule has 1 aromatic heterocycles. The van der Waals surface area contributed by atoms with Crippen LogP contribution in [0.2, 0.25) is 0 Å². The molecule has 7 heteroatoms. The summed E-state index contributed by atoms with van der Waals surface area (Å²) in [7, 11) is 1.94. The smallest absolute Gasteiger partial charge is 0.356 e. The van der Waals surface area contributed by atoms with E-state index in [2.05, 4.69) is 29.1 Å². The number of hydrogen-bond donors (Lipinski definition) is 2. The van der Waals surface area contributed by atoms with E-state index < -0.39 is 11.9 Å². The minimum atomic E-state index is -1.19. The fraction of sp³-hybridized carbons (Fsp3) is 0.250. The molecule has 2 aromatic rings. The molecular formula is C16H18N4O3. The molecule has 0 bridgehead atoms. The van der Waals surface area contributed by atoms with Crippen LogP contribution in [0.15, 0.2) is 36.7 Å². The highest BCUT2D eigenvalue weighted by atomic mass is 16.4. The highest BCUT2D eigenvalue weighted by Crippen LogP contribution is 2.26. The van der Waals surface area contributed by atoms with Crippen molar-refractivity contribution in [1.82, 2.24) is 9.97 Å². The highest BCUT2D eigenvalue weighted by molar-refractivity contribution is 6.04. The lowest BCUT2D eigenvalue weighted by molar-refractivity contribution is 0.0689. The fourth-order valence-corrected chi connectivity index (χ4v) is 1.91. The number of nitrogens with one attached hydrogen (secondary N) is 1. The topological polar surface area (TPSA) is 95.4 Å². The van der Waals surface area contributed by atoms with Crippen LogP contribution in [0.3, 0.4) is 0 Å². The minimum absolute atomic E-state index is 0.0528. The van der Waals surface area contributed by atoms with Gasteiger partial charge in [0.25, 0.3) is 5.91 Å². The summed E-state index contributed by atoms with van der Waals surface area (Å²) in [5.41, 5.74) is 1.38. The van der Waals surface area contributed by atoms with Gasteiger partial charge in [-0.1, -0.05) is 12.1 Å². The molecule has 2 N–H and O–H groups in total. The van der Waals surface area contributed by atoms with Crippen molar-refractivity contribution in [2.75, 3.05) is 17.3 Å². The van der Waals surface area contributed by atoms with Gasteiger partial charge >= 0.3 is 5.97 Å². The van der Waals surface area contributed by atoms with Gasteiger partial charge < -0.3 is 15.3 Å². The van der Waals surface area contributed by atoms with Gasteiger partial charge in [-0.3, -0.25) is 4.79 Å². The highest BCUT2D eigenvalue weighted by Gasteiger charge is 2.15. The van der Waals surface area contributed by atoms with Crippen LogP contribution in [0.5, 0.6) is 0 Å². The summed E-state index contributed by atoms with van der Waals surface area (Å²) in [6.45, 7) is 4.10. The zero-order valence-electron chi connectivity index (χ0n) is 13.1. The van der Waals surface area contributed by atoms with Crippen molar-refractivity contribution in [3.8, 4) is 0 Å². The van der Waals surface area contributed by atoms with Gasteiger partial charge in [-0.2, -0.15) is 0 Å². The van der Waals surface area contributed by atoms with Gasteiger partial charge in [0.2, 0.25) is 0 Å². The molecule has 2 rings (SSSR count). The minimum Gasteiger partial charge on any atom is -0.476 e. The first-order chi connectivity index (χ1) is 10.9. The van der Waals surface area contributed by atoms with Crippen molar-refractivity contribution in [1.29, 1.82) is 0 Å². The van der Waals surface area contributed by atoms with Crippen LogP contribution in [-0.2, 0) is 0 Å². The Kier molecular flexibility index (Phi) is 4.90. The van der Waals surface area contributed by atoms with Crippen molar-refractivity contribution >= 4 is 23.3 Å². The summed E-state index contributed by atoms with van der Waals surface area (Å²) in [5.74, 6) is -1.63. The van der Waals surface area contributed by atoms with Crippen LogP contribution in [0.4, 0.5) is 11.4 Å². The summed E-state index contributed by atoms with van der Waals surface area (Å²) in [6, 6.07) is 7.69. The predicted octanol–water partition coefficient (Wildman–Crippen LogP) is 2.27. The second-order valence-corrected chi connectivity index (χ2v) is 5.27. The number of carbonyl (C=O) groups is 2. The first-order valence-electron chi connectivity index (χ1n) is 7.08. The van der Waals surface area contributed by atoms with Gasteiger partial charge in [-0.25, -0.2) is 14.8 Å². The maximum absolute atomic E-state index is 12.3. The van der Waals surface area contributed by atoms with E-state index in [1.54, 1.807) is 6.07 Å². The molecule has 0 saturated heterocycles.